The van der Waals surface area contributed by atoms with Gasteiger partial charge in [-0.15, -0.1) is 0 Å². The summed E-state index contributed by atoms with van der Waals surface area (Å²) in [6, 6.07) is 0. The standard InChI is InChI=1S/C17H15F17N2O4/c1-9(2,3)40-8(38)36-35-7(37)39-6-4-5-10(18,19)11(20,21)12(22,23)13(24,25)14(26,27)15(28,29)16(30,31)17(32,33)34/h4-6H2,1-3H3/b36-35+. The van der Waals surface area contributed by atoms with E-state index in [4.69, 9.17) is 0 Å². The van der Waals surface area contributed by atoms with Gasteiger partial charge >= 0.3 is 59.8 Å². The Morgan fingerprint density at radius 3 is 1.27 bits per heavy atom. The number of alkyl halides is 17. The number of amides is 2. The molecule has 0 fully saturated rings. The molecule has 0 heterocycles. The first-order valence-corrected chi connectivity index (χ1v) is 9.77. The van der Waals surface area contributed by atoms with Crippen LogP contribution >= 0.6 is 0 Å². The number of carbonyl (C=O) groups excluding carboxylic acids is 2. The number of hydrogen-bond acceptors (Lipinski definition) is 4. The third kappa shape index (κ3) is 6.79. The number of carbonyl (C=O) groups is 2. The Hall–Kier alpha value is -2.65. The van der Waals surface area contributed by atoms with Crippen LogP contribution in [0, 0.1) is 0 Å². The molecule has 0 N–H and O–H groups in total. The highest BCUT2D eigenvalue weighted by Crippen LogP contribution is 2.64. The fraction of sp³-hybridized carbons (Fsp3) is 0.882. The molecule has 0 unspecified atom stereocenters. The van der Waals surface area contributed by atoms with E-state index >= 15 is 0 Å². The van der Waals surface area contributed by atoms with Crippen LogP contribution in [0.3, 0.4) is 0 Å². The molecule has 0 atom stereocenters. The molecular weight excluding hydrogens is 619 g/mol. The summed E-state index contributed by atoms with van der Waals surface area (Å²) >= 11 is 0. The molecule has 0 radical (unpaired) electrons. The van der Waals surface area contributed by atoms with Crippen LogP contribution in [-0.2, 0) is 9.47 Å². The molecule has 0 aliphatic rings. The van der Waals surface area contributed by atoms with Crippen LogP contribution in [0.15, 0.2) is 10.2 Å². The van der Waals surface area contributed by atoms with E-state index in [1.807, 2.05) is 0 Å². The maximum absolute atomic E-state index is 13.7. The first kappa shape index (κ1) is 37.4. The second kappa shape index (κ2) is 11.0. The Morgan fingerprint density at radius 1 is 0.550 bits per heavy atom. The van der Waals surface area contributed by atoms with E-state index in [1.165, 1.54) is 20.8 Å². The lowest BCUT2D eigenvalue weighted by Crippen LogP contribution is -2.74. The molecule has 40 heavy (non-hydrogen) atoms. The van der Waals surface area contributed by atoms with Gasteiger partial charge in [0.1, 0.15) is 5.60 Å². The monoisotopic (exact) mass is 634 g/mol. The van der Waals surface area contributed by atoms with Gasteiger partial charge in [0.2, 0.25) is 0 Å². The normalized spacial score (nSPS) is 15.4. The molecule has 0 saturated heterocycles. The van der Waals surface area contributed by atoms with Crippen LogP contribution in [-0.4, -0.2) is 72.0 Å². The van der Waals surface area contributed by atoms with E-state index in [2.05, 4.69) is 19.7 Å². The molecule has 0 saturated carbocycles. The second-order valence-electron chi connectivity index (χ2n) is 8.55. The molecule has 0 aromatic rings. The largest absolute Gasteiger partial charge is 0.460 e. The lowest BCUT2D eigenvalue weighted by Gasteiger charge is -2.42. The van der Waals surface area contributed by atoms with E-state index in [1.54, 1.807) is 0 Å². The van der Waals surface area contributed by atoms with Gasteiger partial charge in [0.25, 0.3) is 0 Å². The zero-order valence-corrected chi connectivity index (χ0v) is 19.6. The first-order valence-electron chi connectivity index (χ1n) is 9.77. The fourth-order valence-corrected chi connectivity index (χ4v) is 2.20. The topological polar surface area (TPSA) is 77.3 Å². The minimum atomic E-state index is -8.71. The van der Waals surface area contributed by atoms with Crippen LogP contribution in [0.2, 0.25) is 0 Å². The number of rotatable bonds is 10. The summed E-state index contributed by atoms with van der Waals surface area (Å²) in [6.45, 7) is 2.47. The maximum Gasteiger partial charge on any atom is 0.460 e. The van der Waals surface area contributed by atoms with Crippen molar-refractivity contribution >= 4 is 12.2 Å². The van der Waals surface area contributed by atoms with Crippen molar-refractivity contribution in [3.8, 4) is 0 Å². The van der Waals surface area contributed by atoms with Gasteiger partial charge in [0, 0.05) is 6.42 Å². The van der Waals surface area contributed by atoms with Crippen LogP contribution < -0.4 is 0 Å². The molecule has 23 heteroatoms. The van der Waals surface area contributed by atoms with Crippen molar-refractivity contribution in [3.63, 3.8) is 0 Å². The number of hydrogen-bond donors (Lipinski definition) is 0. The number of azo groups is 1. The Morgan fingerprint density at radius 2 is 0.900 bits per heavy atom. The average molecular weight is 634 g/mol. The molecule has 0 bridgehead atoms. The summed E-state index contributed by atoms with van der Waals surface area (Å²) < 4.78 is 232. The zero-order chi connectivity index (χ0) is 32.6. The highest BCUT2D eigenvalue weighted by atomic mass is 19.4. The lowest BCUT2D eigenvalue weighted by atomic mass is 9.88. The molecular formula is C17H15F17N2O4. The van der Waals surface area contributed by atoms with E-state index < -0.39 is 84.9 Å². The molecule has 0 aliphatic carbocycles. The van der Waals surface area contributed by atoms with Gasteiger partial charge in [-0.2, -0.15) is 74.6 Å². The summed E-state index contributed by atoms with van der Waals surface area (Å²) in [5, 5.41) is 5.08. The minimum absolute atomic E-state index is 1.14. The summed E-state index contributed by atoms with van der Waals surface area (Å²) in [5.41, 5.74) is -1.14. The van der Waals surface area contributed by atoms with Crippen molar-refractivity contribution in [3.05, 3.63) is 0 Å². The van der Waals surface area contributed by atoms with Crippen molar-refractivity contribution in [1.82, 2.24) is 0 Å². The average Bonchev–Trinajstić information content (AvgIpc) is 2.72. The molecule has 0 spiro atoms. The molecule has 6 nitrogen and oxygen atoms in total. The van der Waals surface area contributed by atoms with Crippen molar-refractivity contribution in [2.45, 2.75) is 86.8 Å². The Labute approximate surface area is 210 Å². The van der Waals surface area contributed by atoms with Gasteiger partial charge in [-0.25, -0.2) is 9.59 Å². The highest BCUT2D eigenvalue weighted by molar-refractivity contribution is 5.73. The molecule has 0 aliphatic heterocycles. The van der Waals surface area contributed by atoms with Gasteiger partial charge in [-0.05, 0) is 27.2 Å². The lowest BCUT2D eigenvalue weighted by molar-refractivity contribution is -0.461. The summed E-state index contributed by atoms with van der Waals surface area (Å²) in [7, 11) is 0. The smallest absolute Gasteiger partial charge is 0.447 e. The molecule has 0 aromatic carbocycles. The van der Waals surface area contributed by atoms with Crippen LogP contribution in [0.25, 0.3) is 0 Å². The van der Waals surface area contributed by atoms with Crippen molar-refractivity contribution < 1.29 is 93.7 Å². The quantitative estimate of drug-likeness (QED) is 0.138. The Bertz CT molecular complexity index is 955. The van der Waals surface area contributed by atoms with Crippen molar-refractivity contribution in [2.75, 3.05) is 6.61 Å². The van der Waals surface area contributed by atoms with E-state index in [0.29, 0.717) is 0 Å². The van der Waals surface area contributed by atoms with E-state index in [0.717, 1.165) is 0 Å². The van der Waals surface area contributed by atoms with E-state index in [9.17, 15) is 84.2 Å². The first-order chi connectivity index (χ1) is 17.2. The molecule has 0 rings (SSSR count). The van der Waals surface area contributed by atoms with Gasteiger partial charge in [-0.1, -0.05) is 10.2 Å². The Balaban J connectivity index is 5.80. The predicted octanol–water partition coefficient (Wildman–Crippen LogP) is 8.30. The van der Waals surface area contributed by atoms with Crippen LogP contribution in [0.4, 0.5) is 84.2 Å². The summed E-state index contributed by atoms with van der Waals surface area (Å²) in [6.07, 6.45) is -15.8. The van der Waals surface area contributed by atoms with Crippen molar-refractivity contribution in [1.29, 1.82) is 0 Å². The number of ether oxygens (including phenoxy) is 2. The third-order valence-corrected chi connectivity index (χ3v) is 4.25. The van der Waals surface area contributed by atoms with Gasteiger partial charge < -0.3 is 9.47 Å². The minimum Gasteiger partial charge on any atom is -0.447 e. The second-order valence-corrected chi connectivity index (χ2v) is 8.55. The highest BCUT2D eigenvalue weighted by Gasteiger charge is 2.95. The van der Waals surface area contributed by atoms with Gasteiger partial charge in [0.05, 0.1) is 6.61 Å². The zero-order valence-electron chi connectivity index (χ0n) is 19.6. The fourth-order valence-electron chi connectivity index (χ4n) is 2.20. The van der Waals surface area contributed by atoms with Crippen LogP contribution in [0.1, 0.15) is 33.6 Å². The van der Waals surface area contributed by atoms with Gasteiger partial charge in [-0.3, -0.25) is 0 Å². The number of nitrogens with zero attached hydrogens (tertiary/aromatic N) is 2. The SMILES string of the molecule is CC(C)(C)OC(=O)/N=N/C(=O)OCCCC(F)(F)C(F)(F)C(F)(F)C(F)(F)C(F)(F)C(F)(F)C(F)(F)C(F)(F)F. The third-order valence-electron chi connectivity index (χ3n) is 4.25. The summed E-state index contributed by atoms with van der Waals surface area (Å²) in [4.78, 5) is 22.3. The van der Waals surface area contributed by atoms with E-state index in [-0.39, 0.29) is 0 Å². The molecule has 0 aromatic heterocycles. The molecule has 2 amide bonds. The molecule has 236 valence electrons. The predicted molar refractivity (Wildman–Crippen MR) is 92.4 cm³/mol. The van der Waals surface area contributed by atoms with Crippen molar-refractivity contribution in [2.24, 2.45) is 10.2 Å². The summed E-state index contributed by atoms with van der Waals surface area (Å²) in [5.74, 6) is -57.0. The van der Waals surface area contributed by atoms with Gasteiger partial charge in [0.15, 0.2) is 0 Å². The Kier molecular flexibility index (Phi) is 10.2. The number of halogens is 17. The maximum atomic E-state index is 13.7. The van der Waals surface area contributed by atoms with Crippen LogP contribution in [0.5, 0.6) is 0 Å².